The Balaban J connectivity index is 1.86. The van der Waals surface area contributed by atoms with Crippen LogP contribution in [0.15, 0.2) is 42.5 Å². The molecule has 28 heavy (non-hydrogen) atoms. The van der Waals surface area contributed by atoms with Gasteiger partial charge in [0, 0.05) is 22.5 Å². The molecule has 0 fully saturated rings. The van der Waals surface area contributed by atoms with Gasteiger partial charge in [-0.1, -0.05) is 54.7 Å². The molecule has 0 saturated heterocycles. The van der Waals surface area contributed by atoms with Crippen molar-refractivity contribution in [1.29, 1.82) is 0 Å². The van der Waals surface area contributed by atoms with Crippen LogP contribution < -0.4 is 10.1 Å². The molecule has 0 saturated carbocycles. The van der Waals surface area contributed by atoms with Gasteiger partial charge in [-0.2, -0.15) is 0 Å². The second-order valence-corrected chi connectivity index (χ2v) is 7.30. The van der Waals surface area contributed by atoms with Crippen molar-refractivity contribution >= 4 is 35.1 Å². The maximum atomic E-state index is 12.1. The van der Waals surface area contributed by atoms with E-state index in [1.165, 1.54) is 0 Å². The molecule has 0 aromatic heterocycles. The molecule has 2 aromatic carbocycles. The molecule has 150 valence electrons. The van der Waals surface area contributed by atoms with Crippen molar-refractivity contribution in [3.63, 3.8) is 0 Å². The molecule has 2 N–H and O–H groups in total. The first kappa shape index (κ1) is 22.1. The van der Waals surface area contributed by atoms with Crippen LogP contribution in [-0.2, 0) is 16.0 Å². The zero-order valence-corrected chi connectivity index (χ0v) is 17.1. The minimum Gasteiger partial charge on any atom is -0.484 e. The summed E-state index contributed by atoms with van der Waals surface area (Å²) >= 11 is 12.3. The summed E-state index contributed by atoms with van der Waals surface area (Å²) in [4.78, 5) is 22.8. The predicted octanol–water partition coefficient (Wildman–Crippen LogP) is 4.70. The first-order valence-electron chi connectivity index (χ1n) is 9.04. The number of aliphatic carboxylic acids is 1. The molecule has 2 rings (SSSR count). The lowest BCUT2D eigenvalue weighted by molar-refractivity contribution is -0.136. The molecule has 0 spiro atoms. The minimum atomic E-state index is -0.893. The van der Waals surface area contributed by atoms with Gasteiger partial charge in [-0.05, 0) is 41.8 Å². The van der Waals surface area contributed by atoms with Gasteiger partial charge in [0.25, 0.3) is 5.91 Å². The summed E-state index contributed by atoms with van der Waals surface area (Å²) in [5.41, 5.74) is 1.63. The number of halogens is 2. The fourth-order valence-electron chi connectivity index (χ4n) is 2.86. The van der Waals surface area contributed by atoms with Gasteiger partial charge in [0.15, 0.2) is 6.61 Å². The number of ether oxygens (including phenoxy) is 1. The maximum Gasteiger partial charge on any atom is 0.307 e. The van der Waals surface area contributed by atoms with Crippen LogP contribution in [0, 0.1) is 0 Å². The van der Waals surface area contributed by atoms with Crippen LogP contribution in [0.1, 0.15) is 36.8 Å². The largest absolute Gasteiger partial charge is 0.484 e. The molecule has 0 bridgehead atoms. The third-order valence-electron chi connectivity index (χ3n) is 4.23. The van der Waals surface area contributed by atoms with Crippen molar-refractivity contribution in [2.75, 3.05) is 13.2 Å². The third-order valence-corrected chi connectivity index (χ3v) is 4.80. The van der Waals surface area contributed by atoms with E-state index in [0.717, 1.165) is 18.4 Å². The van der Waals surface area contributed by atoms with Crippen molar-refractivity contribution in [2.45, 2.75) is 32.1 Å². The lowest BCUT2D eigenvalue weighted by Crippen LogP contribution is -2.32. The molecule has 2 aromatic rings. The number of hydrogen-bond donors (Lipinski definition) is 2. The Morgan fingerprint density at radius 2 is 1.86 bits per heavy atom. The maximum absolute atomic E-state index is 12.1. The van der Waals surface area contributed by atoms with Crippen LogP contribution in [0.4, 0.5) is 0 Å². The van der Waals surface area contributed by atoms with Gasteiger partial charge >= 0.3 is 5.97 Å². The van der Waals surface area contributed by atoms with E-state index in [1.54, 1.807) is 36.4 Å². The van der Waals surface area contributed by atoms with E-state index < -0.39 is 5.97 Å². The molecule has 1 unspecified atom stereocenters. The van der Waals surface area contributed by atoms with Gasteiger partial charge in [-0.15, -0.1) is 0 Å². The number of nitrogens with one attached hydrogen (secondary N) is 1. The summed E-state index contributed by atoms with van der Waals surface area (Å²) in [5, 5.41) is 12.8. The second kappa shape index (κ2) is 10.9. The SMILES string of the molecule is CCCC(CNC(=O)COc1ccc(CC(=O)O)cc1)c1ccc(Cl)cc1Cl. The number of amides is 1. The monoisotopic (exact) mass is 423 g/mol. The number of carboxylic acid groups (broad SMARTS) is 1. The highest BCUT2D eigenvalue weighted by Crippen LogP contribution is 2.30. The van der Waals surface area contributed by atoms with Crippen molar-refractivity contribution in [2.24, 2.45) is 0 Å². The van der Waals surface area contributed by atoms with Gasteiger partial charge in [0.1, 0.15) is 5.75 Å². The first-order chi connectivity index (χ1) is 13.4. The average molecular weight is 424 g/mol. The number of rotatable bonds is 10. The van der Waals surface area contributed by atoms with E-state index in [0.29, 0.717) is 27.9 Å². The van der Waals surface area contributed by atoms with Gasteiger partial charge in [-0.3, -0.25) is 9.59 Å². The second-order valence-electron chi connectivity index (χ2n) is 6.46. The fraction of sp³-hybridized carbons (Fsp3) is 0.333. The molecule has 7 heteroatoms. The number of carbonyl (C=O) groups excluding carboxylic acids is 1. The highest BCUT2D eigenvalue weighted by atomic mass is 35.5. The summed E-state index contributed by atoms with van der Waals surface area (Å²) in [5.74, 6) is -0.527. The minimum absolute atomic E-state index is 0.0488. The van der Waals surface area contributed by atoms with Crippen LogP contribution in [0.5, 0.6) is 5.75 Å². The molecule has 0 radical (unpaired) electrons. The van der Waals surface area contributed by atoms with Crippen LogP contribution in [-0.4, -0.2) is 30.1 Å². The van der Waals surface area contributed by atoms with Crippen LogP contribution in [0.3, 0.4) is 0 Å². The number of carbonyl (C=O) groups is 2. The van der Waals surface area contributed by atoms with Crippen LogP contribution >= 0.6 is 23.2 Å². The smallest absolute Gasteiger partial charge is 0.307 e. The Bertz CT molecular complexity index is 809. The Morgan fingerprint density at radius 3 is 2.46 bits per heavy atom. The number of benzene rings is 2. The van der Waals surface area contributed by atoms with E-state index in [-0.39, 0.29) is 24.9 Å². The fourth-order valence-corrected chi connectivity index (χ4v) is 3.43. The van der Waals surface area contributed by atoms with Crippen molar-refractivity contribution in [3.8, 4) is 5.75 Å². The van der Waals surface area contributed by atoms with Gasteiger partial charge in [0.2, 0.25) is 0 Å². The number of hydrogen-bond acceptors (Lipinski definition) is 3. The molecule has 0 aliphatic carbocycles. The summed E-state index contributed by atoms with van der Waals surface area (Å²) in [6.45, 7) is 2.41. The van der Waals surface area contributed by atoms with E-state index in [4.69, 9.17) is 33.0 Å². The number of carboxylic acids is 1. The Kier molecular flexibility index (Phi) is 8.61. The zero-order valence-electron chi connectivity index (χ0n) is 15.6. The standard InChI is InChI=1S/C21H23Cl2NO4/c1-2-3-15(18-9-6-16(22)11-19(18)23)12-24-20(25)13-28-17-7-4-14(5-8-17)10-21(26)27/h4-9,11,15H,2-3,10,12-13H2,1H3,(H,24,25)(H,26,27). The predicted molar refractivity (Wildman–Crippen MR) is 110 cm³/mol. The van der Waals surface area contributed by atoms with Crippen LogP contribution in [0.2, 0.25) is 10.0 Å². The van der Waals surface area contributed by atoms with E-state index >= 15 is 0 Å². The highest BCUT2D eigenvalue weighted by molar-refractivity contribution is 6.35. The molecular weight excluding hydrogens is 401 g/mol. The third kappa shape index (κ3) is 7.06. The van der Waals surface area contributed by atoms with E-state index in [9.17, 15) is 9.59 Å². The lowest BCUT2D eigenvalue weighted by Gasteiger charge is -2.19. The van der Waals surface area contributed by atoms with Crippen LogP contribution in [0.25, 0.3) is 0 Å². The molecule has 1 amide bonds. The quantitative estimate of drug-likeness (QED) is 0.580. The van der Waals surface area contributed by atoms with Gasteiger partial charge in [0.05, 0.1) is 6.42 Å². The molecule has 0 aliphatic rings. The average Bonchev–Trinajstić information content (AvgIpc) is 2.64. The normalized spacial score (nSPS) is 11.7. The molecule has 0 aliphatic heterocycles. The molecule has 5 nitrogen and oxygen atoms in total. The molecular formula is C21H23Cl2NO4. The Hall–Kier alpha value is -2.24. The Morgan fingerprint density at radius 1 is 1.14 bits per heavy atom. The van der Waals surface area contributed by atoms with Crippen molar-refractivity contribution in [1.82, 2.24) is 5.32 Å². The van der Waals surface area contributed by atoms with Gasteiger partial charge < -0.3 is 15.2 Å². The topological polar surface area (TPSA) is 75.6 Å². The van der Waals surface area contributed by atoms with Crippen molar-refractivity contribution < 1.29 is 19.4 Å². The van der Waals surface area contributed by atoms with Gasteiger partial charge in [-0.25, -0.2) is 0 Å². The summed E-state index contributed by atoms with van der Waals surface area (Å²) in [6, 6.07) is 12.0. The van der Waals surface area contributed by atoms with E-state index in [1.807, 2.05) is 6.07 Å². The summed E-state index contributed by atoms with van der Waals surface area (Å²) in [7, 11) is 0. The zero-order chi connectivity index (χ0) is 20.5. The Labute approximate surface area is 174 Å². The summed E-state index contributed by atoms with van der Waals surface area (Å²) < 4.78 is 5.46. The first-order valence-corrected chi connectivity index (χ1v) is 9.79. The summed E-state index contributed by atoms with van der Waals surface area (Å²) in [6.07, 6.45) is 1.79. The van der Waals surface area contributed by atoms with Crippen molar-refractivity contribution in [3.05, 3.63) is 63.6 Å². The lowest BCUT2D eigenvalue weighted by atomic mass is 9.94. The molecule has 1 atom stereocenters. The molecule has 0 heterocycles. The van der Waals surface area contributed by atoms with E-state index in [2.05, 4.69) is 12.2 Å². The highest BCUT2D eigenvalue weighted by Gasteiger charge is 2.16.